The normalized spacial score (nSPS) is 12.2. The van der Waals surface area contributed by atoms with Gasteiger partial charge in [-0.15, -0.1) is 11.3 Å². The van der Waals surface area contributed by atoms with Crippen molar-refractivity contribution in [3.8, 4) is 5.75 Å². The Morgan fingerprint density at radius 1 is 1.26 bits per heavy atom. The van der Waals surface area contributed by atoms with Crippen molar-refractivity contribution in [1.82, 2.24) is 0 Å². The number of carbonyl (C=O) groups is 1. The maximum atomic E-state index is 12.2. The van der Waals surface area contributed by atoms with E-state index in [1.165, 1.54) is 11.3 Å². The zero-order valence-corrected chi connectivity index (χ0v) is 12.8. The van der Waals surface area contributed by atoms with Gasteiger partial charge in [-0.2, -0.15) is 0 Å². The number of halogens is 2. The van der Waals surface area contributed by atoms with E-state index in [0.717, 1.165) is 5.56 Å². The van der Waals surface area contributed by atoms with Crippen LogP contribution < -0.4 is 4.74 Å². The average molecular weight is 315 g/mol. The summed E-state index contributed by atoms with van der Waals surface area (Å²) in [5.74, 6) is 0.535. The summed E-state index contributed by atoms with van der Waals surface area (Å²) in [5, 5.41) is 0.583. The largest absolute Gasteiger partial charge is 0.482 e. The minimum atomic E-state index is -0.577. The molecule has 1 heterocycles. The number of carbonyl (C=O) groups excluding carboxylic acids is 1. The summed E-state index contributed by atoms with van der Waals surface area (Å²) in [6.45, 7) is 3.63. The minimum absolute atomic E-state index is 0.0868. The van der Waals surface area contributed by atoms with Gasteiger partial charge >= 0.3 is 0 Å². The van der Waals surface area contributed by atoms with Gasteiger partial charge in [-0.25, -0.2) is 0 Å². The molecule has 2 rings (SSSR count). The van der Waals surface area contributed by atoms with E-state index >= 15 is 0 Å². The standard InChI is InChI=1S/C14H12Cl2O2S/c1-8-3-4-10(15)7-11(8)18-9(2)14(17)12-5-6-13(16)19-12/h3-7,9H,1-2H3. The zero-order valence-electron chi connectivity index (χ0n) is 10.4. The fourth-order valence-electron chi connectivity index (χ4n) is 1.59. The number of benzene rings is 1. The first kappa shape index (κ1) is 14.4. The van der Waals surface area contributed by atoms with Crippen molar-refractivity contribution in [3.05, 3.63) is 50.1 Å². The molecule has 1 atom stereocenters. The number of rotatable bonds is 4. The molecule has 1 aromatic heterocycles. The molecule has 0 saturated carbocycles. The Bertz CT molecular complexity index is 607. The zero-order chi connectivity index (χ0) is 14.0. The summed E-state index contributed by atoms with van der Waals surface area (Å²) in [4.78, 5) is 12.7. The van der Waals surface area contributed by atoms with Crippen molar-refractivity contribution in [2.24, 2.45) is 0 Å². The summed E-state index contributed by atoms with van der Waals surface area (Å²) >= 11 is 13.0. The van der Waals surface area contributed by atoms with Gasteiger partial charge in [0.25, 0.3) is 0 Å². The van der Waals surface area contributed by atoms with E-state index in [1.807, 2.05) is 13.0 Å². The lowest BCUT2D eigenvalue weighted by Crippen LogP contribution is -2.23. The third-order valence-corrected chi connectivity index (χ3v) is 4.12. The first-order valence-electron chi connectivity index (χ1n) is 5.69. The molecule has 0 bridgehead atoms. The molecule has 5 heteroatoms. The van der Waals surface area contributed by atoms with E-state index in [2.05, 4.69) is 0 Å². The lowest BCUT2D eigenvalue weighted by molar-refractivity contribution is 0.0821. The second-order valence-corrected chi connectivity index (χ2v) is 6.29. The van der Waals surface area contributed by atoms with Crippen LogP contribution in [0.5, 0.6) is 5.75 Å². The first-order valence-corrected chi connectivity index (χ1v) is 7.27. The summed E-state index contributed by atoms with van der Waals surface area (Å²) in [5.41, 5.74) is 0.938. The fourth-order valence-corrected chi connectivity index (χ4v) is 2.82. The molecule has 0 amide bonds. The Hall–Kier alpha value is -1.03. The van der Waals surface area contributed by atoms with Gasteiger partial charge in [0.05, 0.1) is 9.21 Å². The van der Waals surface area contributed by atoms with Gasteiger partial charge in [0, 0.05) is 5.02 Å². The van der Waals surface area contributed by atoms with Crippen LogP contribution in [-0.2, 0) is 0 Å². The Labute approximate surface area is 125 Å². The van der Waals surface area contributed by atoms with Crippen molar-refractivity contribution < 1.29 is 9.53 Å². The van der Waals surface area contributed by atoms with E-state index in [0.29, 0.717) is 20.0 Å². The van der Waals surface area contributed by atoms with Gasteiger partial charge in [0.15, 0.2) is 6.10 Å². The van der Waals surface area contributed by atoms with Crippen LogP contribution in [0.3, 0.4) is 0 Å². The van der Waals surface area contributed by atoms with Crippen LogP contribution in [0.4, 0.5) is 0 Å². The van der Waals surface area contributed by atoms with Crippen LogP contribution in [-0.4, -0.2) is 11.9 Å². The molecule has 0 N–H and O–H groups in total. The number of ether oxygens (including phenoxy) is 1. The first-order chi connectivity index (χ1) is 8.97. The minimum Gasteiger partial charge on any atom is -0.482 e. The van der Waals surface area contributed by atoms with Crippen molar-refractivity contribution in [2.75, 3.05) is 0 Å². The Kier molecular flexibility index (Phi) is 4.50. The van der Waals surface area contributed by atoms with Crippen molar-refractivity contribution >= 4 is 40.3 Å². The van der Waals surface area contributed by atoms with E-state index in [9.17, 15) is 4.79 Å². The summed E-state index contributed by atoms with van der Waals surface area (Å²) in [7, 11) is 0. The molecule has 19 heavy (non-hydrogen) atoms. The molecule has 0 aliphatic rings. The van der Waals surface area contributed by atoms with E-state index in [-0.39, 0.29) is 5.78 Å². The van der Waals surface area contributed by atoms with Crippen LogP contribution >= 0.6 is 34.5 Å². The highest BCUT2D eigenvalue weighted by Crippen LogP contribution is 2.26. The maximum Gasteiger partial charge on any atom is 0.212 e. The molecular weight excluding hydrogens is 303 g/mol. The molecule has 0 radical (unpaired) electrons. The summed E-state index contributed by atoms with van der Waals surface area (Å²) in [6, 6.07) is 8.77. The van der Waals surface area contributed by atoms with E-state index in [1.54, 1.807) is 31.2 Å². The number of hydrogen-bond acceptors (Lipinski definition) is 3. The highest BCUT2D eigenvalue weighted by atomic mass is 35.5. The van der Waals surface area contributed by atoms with Crippen molar-refractivity contribution in [2.45, 2.75) is 20.0 Å². The summed E-state index contributed by atoms with van der Waals surface area (Å²) < 4.78 is 6.27. The molecule has 2 nitrogen and oxygen atoms in total. The highest BCUT2D eigenvalue weighted by Gasteiger charge is 2.19. The van der Waals surface area contributed by atoms with Crippen LogP contribution in [0.15, 0.2) is 30.3 Å². The third kappa shape index (κ3) is 3.50. The topological polar surface area (TPSA) is 26.3 Å². The predicted octanol–water partition coefficient (Wildman–Crippen LogP) is 5.01. The quantitative estimate of drug-likeness (QED) is 0.741. The van der Waals surface area contributed by atoms with Crippen LogP contribution in [0.2, 0.25) is 9.36 Å². The number of thiophene rings is 1. The van der Waals surface area contributed by atoms with Gasteiger partial charge in [-0.05, 0) is 43.7 Å². The molecule has 0 fully saturated rings. The molecule has 0 aliphatic carbocycles. The lowest BCUT2D eigenvalue weighted by atomic mass is 10.2. The number of ketones is 1. The molecule has 100 valence electrons. The number of hydrogen-bond donors (Lipinski definition) is 0. The van der Waals surface area contributed by atoms with Crippen LogP contribution in [0.1, 0.15) is 22.2 Å². The van der Waals surface area contributed by atoms with Crippen LogP contribution in [0.25, 0.3) is 0 Å². The maximum absolute atomic E-state index is 12.2. The van der Waals surface area contributed by atoms with Gasteiger partial charge in [-0.3, -0.25) is 4.79 Å². The SMILES string of the molecule is Cc1ccc(Cl)cc1OC(C)C(=O)c1ccc(Cl)s1. The van der Waals surface area contributed by atoms with Crippen LogP contribution in [0, 0.1) is 6.92 Å². The van der Waals surface area contributed by atoms with E-state index < -0.39 is 6.10 Å². The van der Waals surface area contributed by atoms with Gasteiger partial charge in [-0.1, -0.05) is 29.3 Å². The lowest BCUT2D eigenvalue weighted by Gasteiger charge is -2.15. The molecule has 1 unspecified atom stereocenters. The second-order valence-electron chi connectivity index (χ2n) is 4.14. The van der Waals surface area contributed by atoms with Gasteiger partial charge in [0.1, 0.15) is 5.75 Å². The molecular formula is C14H12Cl2O2S. The number of aryl methyl sites for hydroxylation is 1. The number of Topliss-reactive ketones (excluding diaryl/α,β-unsaturated/α-hetero) is 1. The van der Waals surface area contributed by atoms with Crippen molar-refractivity contribution in [1.29, 1.82) is 0 Å². The van der Waals surface area contributed by atoms with Crippen molar-refractivity contribution in [3.63, 3.8) is 0 Å². The highest BCUT2D eigenvalue weighted by molar-refractivity contribution is 7.18. The molecule has 0 spiro atoms. The Morgan fingerprint density at radius 2 is 2.00 bits per heavy atom. The third-order valence-electron chi connectivity index (χ3n) is 2.64. The van der Waals surface area contributed by atoms with Gasteiger partial charge in [0.2, 0.25) is 5.78 Å². The Balaban J connectivity index is 2.14. The van der Waals surface area contributed by atoms with E-state index in [4.69, 9.17) is 27.9 Å². The smallest absolute Gasteiger partial charge is 0.212 e. The predicted molar refractivity (Wildman–Crippen MR) is 79.9 cm³/mol. The second kappa shape index (κ2) is 5.95. The molecule has 0 saturated heterocycles. The molecule has 2 aromatic rings. The monoisotopic (exact) mass is 314 g/mol. The fraction of sp³-hybridized carbons (Fsp3) is 0.214. The molecule has 1 aromatic carbocycles. The Morgan fingerprint density at radius 3 is 2.63 bits per heavy atom. The van der Waals surface area contributed by atoms with Gasteiger partial charge < -0.3 is 4.74 Å². The summed E-state index contributed by atoms with van der Waals surface area (Å²) in [6.07, 6.45) is -0.577. The average Bonchev–Trinajstić information content (AvgIpc) is 2.79. The molecule has 0 aliphatic heterocycles.